The highest BCUT2D eigenvalue weighted by molar-refractivity contribution is 6.57. The van der Waals surface area contributed by atoms with Crippen LogP contribution in [0, 0.1) is 0 Å². The molecule has 1 aromatic heterocycles. The van der Waals surface area contributed by atoms with E-state index in [1.54, 1.807) is 6.07 Å². The number of rotatable bonds is 3. The summed E-state index contributed by atoms with van der Waals surface area (Å²) in [6.45, 7) is -4.74. The molecule has 0 N–H and O–H groups in total. The maximum atomic E-state index is 12.0. The summed E-state index contributed by atoms with van der Waals surface area (Å²) in [6, 6.07) is 3.25. The van der Waals surface area contributed by atoms with Crippen molar-refractivity contribution in [3.8, 4) is 0 Å². The van der Waals surface area contributed by atoms with E-state index in [-0.39, 0.29) is 5.56 Å². The first-order chi connectivity index (χ1) is 6.54. The van der Waals surface area contributed by atoms with Crippen LogP contribution in [-0.2, 0) is 6.32 Å². The van der Waals surface area contributed by atoms with Crippen LogP contribution in [0.3, 0.4) is 0 Å². The molecule has 0 unspecified atom stereocenters. The quantitative estimate of drug-likeness (QED) is 0.683. The molecule has 0 saturated heterocycles. The van der Waals surface area contributed by atoms with E-state index in [0.29, 0.717) is 5.92 Å². The third-order valence-electron chi connectivity index (χ3n) is 2.31. The van der Waals surface area contributed by atoms with E-state index in [2.05, 4.69) is 4.98 Å². The molecular formula is C9H10BF3N-. The fraction of sp³-hybridized carbons (Fsp3) is 0.444. The Hall–Kier alpha value is -0.995. The van der Waals surface area contributed by atoms with Crippen molar-refractivity contribution in [2.24, 2.45) is 0 Å². The van der Waals surface area contributed by atoms with Crippen LogP contribution in [-0.4, -0.2) is 12.0 Å². The van der Waals surface area contributed by atoms with Crippen molar-refractivity contribution in [2.45, 2.75) is 25.1 Å². The SMILES string of the molecule is F[B-](F)(F)Cc1ccc(C2CC2)nc1. The second kappa shape index (κ2) is 3.30. The van der Waals surface area contributed by atoms with Crippen LogP contribution < -0.4 is 0 Å². The summed E-state index contributed by atoms with van der Waals surface area (Å²) < 4.78 is 36.1. The van der Waals surface area contributed by atoms with Gasteiger partial charge in [0.2, 0.25) is 0 Å². The summed E-state index contributed by atoms with van der Waals surface area (Å²) in [6.07, 6.45) is 2.77. The lowest BCUT2D eigenvalue weighted by Gasteiger charge is -2.12. The monoisotopic (exact) mass is 200 g/mol. The zero-order valence-electron chi connectivity index (χ0n) is 7.59. The average Bonchev–Trinajstić information content (AvgIpc) is 2.85. The van der Waals surface area contributed by atoms with Crippen LogP contribution in [0.2, 0.25) is 0 Å². The van der Waals surface area contributed by atoms with Gasteiger partial charge in [0.25, 0.3) is 0 Å². The van der Waals surface area contributed by atoms with E-state index in [9.17, 15) is 12.9 Å². The minimum atomic E-state index is -4.74. The van der Waals surface area contributed by atoms with Gasteiger partial charge in [-0.3, -0.25) is 4.98 Å². The van der Waals surface area contributed by atoms with Gasteiger partial charge < -0.3 is 12.9 Å². The third kappa shape index (κ3) is 2.50. The number of halogens is 3. The maximum Gasteiger partial charge on any atom is 0.482 e. The van der Waals surface area contributed by atoms with Gasteiger partial charge in [-0.05, 0) is 18.9 Å². The Morgan fingerprint density at radius 2 is 2.00 bits per heavy atom. The van der Waals surface area contributed by atoms with Crippen LogP contribution in [0.1, 0.15) is 30.0 Å². The number of hydrogen-bond acceptors (Lipinski definition) is 1. The molecule has 1 nitrogen and oxygen atoms in total. The number of aromatic nitrogens is 1. The van der Waals surface area contributed by atoms with Crippen molar-refractivity contribution in [1.29, 1.82) is 0 Å². The van der Waals surface area contributed by atoms with Gasteiger partial charge in [-0.2, -0.15) is 0 Å². The first-order valence-corrected chi connectivity index (χ1v) is 4.70. The van der Waals surface area contributed by atoms with Gasteiger partial charge in [-0.1, -0.05) is 17.9 Å². The molecule has 0 aliphatic heterocycles. The summed E-state index contributed by atoms with van der Waals surface area (Å²) in [4.78, 5) is 4.03. The molecule has 1 aliphatic rings. The van der Waals surface area contributed by atoms with Crippen molar-refractivity contribution in [3.05, 3.63) is 29.6 Å². The molecule has 1 heterocycles. The largest absolute Gasteiger partial charge is 0.482 e. The fourth-order valence-corrected chi connectivity index (χ4v) is 1.44. The number of hydrogen-bond donors (Lipinski definition) is 0. The van der Waals surface area contributed by atoms with Gasteiger partial charge >= 0.3 is 6.98 Å². The minimum absolute atomic E-state index is 0.266. The van der Waals surface area contributed by atoms with E-state index in [1.807, 2.05) is 0 Å². The van der Waals surface area contributed by atoms with Crippen LogP contribution >= 0.6 is 0 Å². The molecule has 2 rings (SSSR count). The lowest BCUT2D eigenvalue weighted by molar-refractivity contribution is 0.468. The zero-order valence-corrected chi connectivity index (χ0v) is 7.59. The first kappa shape index (κ1) is 9.56. The Labute approximate surface area is 80.4 Å². The Bertz CT molecular complexity index is 316. The molecule has 1 aliphatic carbocycles. The number of nitrogens with zero attached hydrogens (tertiary/aromatic N) is 1. The molecule has 1 saturated carbocycles. The second-order valence-electron chi connectivity index (χ2n) is 3.78. The molecule has 14 heavy (non-hydrogen) atoms. The molecule has 76 valence electrons. The lowest BCUT2D eigenvalue weighted by Crippen LogP contribution is -2.19. The summed E-state index contributed by atoms with van der Waals surface area (Å²) >= 11 is 0. The van der Waals surface area contributed by atoms with Gasteiger partial charge in [0.15, 0.2) is 0 Å². The van der Waals surface area contributed by atoms with Gasteiger partial charge in [0.1, 0.15) is 0 Å². The Morgan fingerprint density at radius 1 is 1.29 bits per heavy atom. The van der Waals surface area contributed by atoms with Crippen molar-refractivity contribution < 1.29 is 12.9 Å². The van der Waals surface area contributed by atoms with Crippen molar-refractivity contribution in [3.63, 3.8) is 0 Å². The number of pyridine rings is 1. The van der Waals surface area contributed by atoms with E-state index in [1.165, 1.54) is 12.3 Å². The summed E-state index contributed by atoms with van der Waals surface area (Å²) in [7, 11) is 0. The van der Waals surface area contributed by atoms with Crippen molar-refractivity contribution in [1.82, 2.24) is 4.98 Å². The van der Waals surface area contributed by atoms with E-state index in [0.717, 1.165) is 18.5 Å². The Morgan fingerprint density at radius 3 is 2.43 bits per heavy atom. The van der Waals surface area contributed by atoms with E-state index in [4.69, 9.17) is 0 Å². The van der Waals surface area contributed by atoms with Gasteiger partial charge in [0.05, 0.1) is 0 Å². The molecule has 1 aromatic rings. The molecule has 1 fully saturated rings. The third-order valence-corrected chi connectivity index (χ3v) is 2.31. The highest BCUT2D eigenvalue weighted by Gasteiger charge is 2.26. The van der Waals surface area contributed by atoms with Crippen LogP contribution in [0.15, 0.2) is 18.3 Å². The fourth-order valence-electron chi connectivity index (χ4n) is 1.44. The van der Waals surface area contributed by atoms with E-state index >= 15 is 0 Å². The molecule has 0 bridgehead atoms. The van der Waals surface area contributed by atoms with Crippen LogP contribution in [0.5, 0.6) is 0 Å². The van der Waals surface area contributed by atoms with Crippen molar-refractivity contribution >= 4 is 6.98 Å². The average molecular weight is 200 g/mol. The highest BCUT2D eigenvalue weighted by atomic mass is 19.4. The van der Waals surface area contributed by atoms with Crippen LogP contribution in [0.25, 0.3) is 0 Å². The molecular weight excluding hydrogens is 190 g/mol. The molecule has 0 atom stereocenters. The highest BCUT2D eigenvalue weighted by Crippen LogP contribution is 2.38. The topological polar surface area (TPSA) is 12.9 Å². The molecule has 5 heteroatoms. The molecule has 0 aromatic carbocycles. The predicted molar refractivity (Wildman–Crippen MR) is 49.0 cm³/mol. The Balaban J connectivity index is 2.06. The van der Waals surface area contributed by atoms with Gasteiger partial charge in [0, 0.05) is 17.8 Å². The standard InChI is InChI=1S/C9H10BF3N/c11-10(12,13)5-7-1-4-9(14-6-7)8-2-3-8/h1,4,6,8H,2-3,5H2/q-1. The molecule has 0 amide bonds. The summed E-state index contributed by atoms with van der Waals surface area (Å²) in [5.74, 6) is 0.500. The van der Waals surface area contributed by atoms with Crippen LogP contribution in [0.4, 0.5) is 12.9 Å². The maximum absolute atomic E-state index is 12.0. The molecule has 0 radical (unpaired) electrons. The normalized spacial score (nSPS) is 17.1. The van der Waals surface area contributed by atoms with E-state index < -0.39 is 13.3 Å². The molecule has 0 spiro atoms. The van der Waals surface area contributed by atoms with Crippen molar-refractivity contribution in [2.75, 3.05) is 0 Å². The van der Waals surface area contributed by atoms with Gasteiger partial charge in [-0.15, -0.1) is 0 Å². The predicted octanol–water partition coefficient (Wildman–Crippen LogP) is 2.89. The first-order valence-electron chi connectivity index (χ1n) is 4.70. The minimum Gasteiger partial charge on any atom is -0.449 e. The summed E-state index contributed by atoms with van der Waals surface area (Å²) in [5.41, 5.74) is 1.20. The van der Waals surface area contributed by atoms with Gasteiger partial charge in [-0.25, -0.2) is 0 Å². The second-order valence-corrected chi connectivity index (χ2v) is 3.78. The summed E-state index contributed by atoms with van der Waals surface area (Å²) in [5, 5.41) is 0. The Kier molecular flexibility index (Phi) is 2.25. The zero-order chi connectivity index (χ0) is 10.2. The lowest BCUT2D eigenvalue weighted by atomic mass is 9.82. The smallest absolute Gasteiger partial charge is 0.449 e.